The summed E-state index contributed by atoms with van der Waals surface area (Å²) in [4.78, 5) is 21.3. The van der Waals surface area contributed by atoms with Gasteiger partial charge in [-0.3, -0.25) is 15.1 Å². The molecule has 2 heterocycles. The molecule has 1 aliphatic carbocycles. The maximum absolute atomic E-state index is 13.3. The third-order valence-corrected chi connectivity index (χ3v) is 5.86. The molecule has 3 aromatic rings. The van der Waals surface area contributed by atoms with E-state index in [4.69, 9.17) is 22.2 Å². The topological polar surface area (TPSA) is 128 Å². The third-order valence-electron chi connectivity index (χ3n) is 4.90. The smallest absolute Gasteiger partial charge is 0.258 e. The van der Waals surface area contributed by atoms with Crippen molar-refractivity contribution in [3.05, 3.63) is 51.7 Å². The first-order chi connectivity index (χ1) is 16.5. The molecule has 2 aromatic heterocycles. The van der Waals surface area contributed by atoms with Crippen LogP contribution in [0, 0.1) is 17.8 Å². The summed E-state index contributed by atoms with van der Waals surface area (Å²) in [6, 6.07) is 6.79. The number of amides is 1. The van der Waals surface area contributed by atoms with Crippen LogP contribution in [0.5, 0.6) is 5.75 Å². The van der Waals surface area contributed by atoms with Gasteiger partial charge in [0.2, 0.25) is 5.13 Å². The van der Waals surface area contributed by atoms with Crippen molar-refractivity contribution in [2.24, 2.45) is 21.9 Å². The summed E-state index contributed by atoms with van der Waals surface area (Å²) in [5.74, 6) is 12.2. The Labute approximate surface area is 205 Å². The van der Waals surface area contributed by atoms with Crippen molar-refractivity contribution in [3.8, 4) is 28.7 Å². The predicted octanol–water partition coefficient (Wildman–Crippen LogP) is 3.64. The van der Waals surface area contributed by atoms with Crippen LogP contribution in [0.25, 0.3) is 11.1 Å². The summed E-state index contributed by atoms with van der Waals surface area (Å²) in [6.45, 7) is 0. The summed E-state index contributed by atoms with van der Waals surface area (Å²) in [6.07, 6.45) is 5.27. The van der Waals surface area contributed by atoms with Crippen molar-refractivity contribution in [2.75, 3.05) is 19.5 Å². The molecule has 0 atom stereocenters. The molecule has 0 spiro atoms. The van der Waals surface area contributed by atoms with Crippen LogP contribution in [0.1, 0.15) is 33.8 Å². The fourth-order valence-electron chi connectivity index (χ4n) is 3.10. The van der Waals surface area contributed by atoms with Gasteiger partial charge in [0.05, 0.1) is 13.3 Å². The monoisotopic (exact) mass is 493 g/mol. The molecule has 4 rings (SSSR count). The zero-order valence-electron chi connectivity index (χ0n) is 18.4. The largest absolute Gasteiger partial charge is 0.494 e. The van der Waals surface area contributed by atoms with Crippen LogP contribution >= 0.6 is 22.9 Å². The Balaban J connectivity index is 1.73. The molecule has 1 fully saturated rings. The lowest BCUT2D eigenvalue weighted by atomic mass is 9.95. The van der Waals surface area contributed by atoms with Gasteiger partial charge in [-0.1, -0.05) is 34.9 Å². The number of carbonyl (C=O) groups is 1. The van der Waals surface area contributed by atoms with Crippen LogP contribution in [-0.4, -0.2) is 47.2 Å². The Hall–Kier alpha value is -3.81. The van der Waals surface area contributed by atoms with Crippen molar-refractivity contribution in [1.29, 1.82) is 0 Å². The maximum Gasteiger partial charge on any atom is 0.258 e. The third kappa shape index (κ3) is 5.39. The summed E-state index contributed by atoms with van der Waals surface area (Å²) >= 11 is 7.38. The lowest BCUT2D eigenvalue weighted by Crippen LogP contribution is -2.14. The molecule has 0 unspecified atom stereocenters. The number of hydrogen-bond acceptors (Lipinski definition) is 9. The van der Waals surface area contributed by atoms with E-state index >= 15 is 0 Å². The highest BCUT2D eigenvalue weighted by molar-refractivity contribution is 7.15. The van der Waals surface area contributed by atoms with Gasteiger partial charge in [0, 0.05) is 35.9 Å². The number of anilines is 1. The second-order valence-electron chi connectivity index (χ2n) is 7.28. The van der Waals surface area contributed by atoms with E-state index in [1.165, 1.54) is 30.9 Å². The van der Waals surface area contributed by atoms with E-state index in [0.717, 1.165) is 12.8 Å². The lowest BCUT2D eigenvalue weighted by Gasteiger charge is -2.14. The predicted molar refractivity (Wildman–Crippen MR) is 134 cm³/mol. The Morgan fingerprint density at radius 3 is 2.85 bits per heavy atom. The number of carbonyl (C=O) groups excluding carboxylic acids is 1. The number of benzene rings is 1. The number of nitrogens with one attached hydrogen (secondary N) is 1. The maximum atomic E-state index is 13.3. The zero-order chi connectivity index (χ0) is 24.1. The van der Waals surface area contributed by atoms with E-state index in [1.54, 1.807) is 31.3 Å². The van der Waals surface area contributed by atoms with Gasteiger partial charge in [-0.15, -0.1) is 10.2 Å². The van der Waals surface area contributed by atoms with Crippen LogP contribution in [-0.2, 0) is 0 Å². The Morgan fingerprint density at radius 1 is 1.32 bits per heavy atom. The van der Waals surface area contributed by atoms with Gasteiger partial charge >= 0.3 is 0 Å². The van der Waals surface area contributed by atoms with E-state index < -0.39 is 0 Å². The number of nitrogens with two attached hydrogens (primary N) is 1. The normalized spacial score (nSPS) is 13.4. The Morgan fingerprint density at radius 2 is 2.15 bits per heavy atom. The number of aliphatic imine (C=N–C) groups is 1. The van der Waals surface area contributed by atoms with Crippen LogP contribution < -0.4 is 15.9 Å². The number of methoxy groups -OCH3 is 1. The average molecular weight is 494 g/mol. The molecule has 3 N–H and O–H groups in total. The Bertz CT molecular complexity index is 1350. The molecular formula is C23H20ClN7O2S. The minimum atomic E-state index is -0.384. The van der Waals surface area contributed by atoms with E-state index in [1.807, 2.05) is 0 Å². The van der Waals surface area contributed by atoms with Crippen molar-refractivity contribution in [1.82, 2.24) is 15.2 Å². The van der Waals surface area contributed by atoms with Gasteiger partial charge in [-0.05, 0) is 42.5 Å². The van der Waals surface area contributed by atoms with Crippen molar-refractivity contribution < 1.29 is 9.53 Å². The number of halogens is 1. The van der Waals surface area contributed by atoms with E-state index in [-0.39, 0.29) is 11.1 Å². The average Bonchev–Trinajstić information content (AvgIpc) is 3.58. The molecule has 9 nitrogen and oxygen atoms in total. The first kappa shape index (κ1) is 23.4. The summed E-state index contributed by atoms with van der Waals surface area (Å²) in [5.41, 5.74) is 2.57. The second-order valence-corrected chi connectivity index (χ2v) is 8.64. The summed E-state index contributed by atoms with van der Waals surface area (Å²) in [5, 5.41) is 15.8. The molecular weight excluding hydrogens is 474 g/mol. The van der Waals surface area contributed by atoms with Crippen LogP contribution in [0.4, 0.5) is 5.13 Å². The SMILES string of the molecule is CN=C/C(=N\N)c1ccc(C(=O)Nc2nnc(C#CC3CC3)s2)c(-c2cc(Cl)ncc2OC)c1. The van der Waals surface area contributed by atoms with Crippen LogP contribution in [0.15, 0.2) is 40.6 Å². The number of hydrazone groups is 1. The minimum absolute atomic E-state index is 0.249. The molecule has 34 heavy (non-hydrogen) atoms. The zero-order valence-corrected chi connectivity index (χ0v) is 19.9. The highest BCUT2D eigenvalue weighted by Gasteiger charge is 2.20. The number of nitrogens with zero attached hydrogens (tertiary/aromatic N) is 5. The molecule has 1 saturated carbocycles. The second kappa shape index (κ2) is 10.4. The van der Waals surface area contributed by atoms with E-state index in [0.29, 0.717) is 49.8 Å². The number of pyridine rings is 1. The first-order valence-corrected chi connectivity index (χ1v) is 11.4. The van der Waals surface area contributed by atoms with Crippen molar-refractivity contribution in [2.45, 2.75) is 12.8 Å². The highest BCUT2D eigenvalue weighted by atomic mass is 35.5. The van der Waals surface area contributed by atoms with Crippen LogP contribution in [0.2, 0.25) is 5.15 Å². The number of ether oxygens (including phenoxy) is 1. The highest BCUT2D eigenvalue weighted by Crippen LogP contribution is 2.35. The van der Waals surface area contributed by atoms with Gasteiger partial charge in [0.1, 0.15) is 16.6 Å². The van der Waals surface area contributed by atoms with Crippen molar-refractivity contribution in [3.63, 3.8) is 0 Å². The summed E-state index contributed by atoms with van der Waals surface area (Å²) in [7, 11) is 3.13. The van der Waals surface area contributed by atoms with Crippen LogP contribution in [0.3, 0.4) is 0 Å². The van der Waals surface area contributed by atoms with E-state index in [2.05, 4.69) is 42.4 Å². The van der Waals surface area contributed by atoms with Gasteiger partial charge in [0.25, 0.3) is 5.91 Å². The standard InChI is InChI=1S/C23H20ClN7O2S/c1-26-11-18(29-25)14-6-7-15(16(9-14)17-10-20(24)27-12-19(17)33-2)22(32)28-23-31-30-21(34-23)8-5-13-3-4-13/h6-7,9-13H,3-4,25H2,1-2H3,(H,28,31,32)/b26-11?,29-18+. The molecule has 0 bridgehead atoms. The van der Waals surface area contributed by atoms with Gasteiger partial charge in [-0.2, -0.15) is 5.10 Å². The molecule has 1 amide bonds. The molecule has 0 radical (unpaired) electrons. The van der Waals surface area contributed by atoms with E-state index in [9.17, 15) is 4.79 Å². The molecule has 172 valence electrons. The molecule has 1 aliphatic rings. The number of hydrogen-bond donors (Lipinski definition) is 2. The lowest BCUT2D eigenvalue weighted by molar-refractivity contribution is 0.102. The number of aromatic nitrogens is 3. The minimum Gasteiger partial charge on any atom is -0.494 e. The fourth-order valence-corrected chi connectivity index (χ4v) is 3.86. The van der Waals surface area contributed by atoms with Gasteiger partial charge < -0.3 is 10.6 Å². The van der Waals surface area contributed by atoms with Gasteiger partial charge in [-0.25, -0.2) is 4.98 Å². The molecule has 1 aromatic carbocycles. The fraction of sp³-hybridized carbons (Fsp3) is 0.217. The number of rotatable bonds is 6. The first-order valence-electron chi connectivity index (χ1n) is 10.2. The summed E-state index contributed by atoms with van der Waals surface area (Å²) < 4.78 is 5.47. The molecule has 0 saturated heterocycles. The van der Waals surface area contributed by atoms with Crippen molar-refractivity contribution >= 4 is 45.9 Å². The Kier molecular flexibility index (Phi) is 7.15. The van der Waals surface area contributed by atoms with Gasteiger partial charge in [0.15, 0.2) is 5.01 Å². The quantitative estimate of drug-likeness (QED) is 0.177. The molecule has 0 aliphatic heterocycles. The molecule has 11 heteroatoms.